The van der Waals surface area contributed by atoms with Gasteiger partial charge in [-0.1, -0.05) is 6.08 Å². The van der Waals surface area contributed by atoms with E-state index in [1.54, 1.807) is 11.0 Å². The summed E-state index contributed by atoms with van der Waals surface area (Å²) in [5, 5.41) is 0. The van der Waals surface area contributed by atoms with Crippen LogP contribution in [0.5, 0.6) is 0 Å². The molecule has 0 bridgehead atoms. The molecular formula is C16H17FN3O3+. The van der Waals surface area contributed by atoms with Crippen LogP contribution in [0.1, 0.15) is 23.2 Å². The number of hydrogen-bond acceptors (Lipinski definition) is 4. The van der Waals surface area contributed by atoms with Crippen molar-refractivity contribution in [3.8, 4) is 6.07 Å². The summed E-state index contributed by atoms with van der Waals surface area (Å²) in [6.45, 7) is 4.31. The molecule has 0 radical (unpaired) electrons. The number of hydrogen-bond donors (Lipinski definition) is 1. The van der Waals surface area contributed by atoms with Crippen LogP contribution in [0.25, 0.3) is 4.95 Å². The highest BCUT2D eigenvalue weighted by Gasteiger charge is 2.29. The van der Waals surface area contributed by atoms with E-state index in [0.29, 0.717) is 6.54 Å². The van der Waals surface area contributed by atoms with E-state index in [9.17, 15) is 14.0 Å². The monoisotopic (exact) mass is 318 g/mol. The molecule has 0 unspecified atom stereocenters. The van der Waals surface area contributed by atoms with Gasteiger partial charge in [0, 0.05) is 6.54 Å². The third kappa shape index (κ3) is 3.86. The van der Waals surface area contributed by atoms with Crippen LogP contribution in [-0.2, 0) is 9.53 Å². The van der Waals surface area contributed by atoms with Crippen LogP contribution in [0.3, 0.4) is 0 Å². The standard InChI is InChI=1S/C16H16FN3O3/c1-3-12-5-4-8-20(12)16(22)13-9-11(17)6-7-14(13)19-18-10-15(21)23-2/h3,6-7,9,12H,1,4-5,8H2,2H3/p+1/t12-/m1/s1. The lowest BCUT2D eigenvalue weighted by Crippen LogP contribution is -2.34. The van der Waals surface area contributed by atoms with E-state index >= 15 is 0 Å². The molecule has 2 rings (SSSR count). The average Bonchev–Trinajstić information content (AvgIpc) is 3.03. The van der Waals surface area contributed by atoms with Gasteiger partial charge in [0.1, 0.15) is 11.5 Å². The summed E-state index contributed by atoms with van der Waals surface area (Å²) in [6, 6.07) is 5.71. The number of carbonyl (C=O) groups is 2. The maximum Gasteiger partial charge on any atom is 0.463 e. The molecule has 0 aromatic heterocycles. The molecule has 120 valence electrons. The number of likely N-dealkylation sites (tertiary alicyclic amines) is 1. The molecule has 23 heavy (non-hydrogen) atoms. The Balaban J connectivity index is 2.27. The summed E-state index contributed by atoms with van der Waals surface area (Å²) in [4.78, 5) is 28.8. The number of halogens is 1. The Bertz CT molecular complexity index is 694. The van der Waals surface area contributed by atoms with Crippen LogP contribution in [0.15, 0.2) is 30.9 Å². The molecule has 1 heterocycles. The number of carbonyl (C=O) groups excluding carboxylic acids is 2. The normalized spacial score (nSPS) is 16.3. The Morgan fingerprint density at radius 2 is 2.35 bits per heavy atom. The smallest absolute Gasteiger partial charge is 0.455 e. The van der Waals surface area contributed by atoms with Crippen LogP contribution in [-0.4, -0.2) is 36.5 Å². The predicted octanol–water partition coefficient (Wildman–Crippen LogP) is 2.45. The molecule has 1 N–H and O–H groups in total. The molecule has 1 amide bonds. The summed E-state index contributed by atoms with van der Waals surface area (Å²) < 4.78 is 17.9. The molecular weight excluding hydrogens is 301 g/mol. The molecule has 0 spiro atoms. The van der Waals surface area contributed by atoms with Crippen LogP contribution in [0, 0.1) is 11.9 Å². The van der Waals surface area contributed by atoms with Gasteiger partial charge in [0.05, 0.1) is 23.7 Å². The van der Waals surface area contributed by atoms with Gasteiger partial charge in [-0.25, -0.2) is 9.18 Å². The van der Waals surface area contributed by atoms with Gasteiger partial charge in [0.25, 0.3) is 5.91 Å². The number of methoxy groups -OCH3 is 1. The Hall–Kier alpha value is -2.88. The van der Waals surface area contributed by atoms with Gasteiger partial charge in [0.2, 0.25) is 0 Å². The largest absolute Gasteiger partial charge is 0.463 e. The summed E-state index contributed by atoms with van der Waals surface area (Å²) in [5.74, 6) is -1.62. The van der Waals surface area contributed by atoms with Gasteiger partial charge in [-0.3, -0.25) is 4.79 Å². The van der Waals surface area contributed by atoms with Crippen molar-refractivity contribution in [2.24, 2.45) is 0 Å². The second-order valence-corrected chi connectivity index (χ2v) is 4.96. The first-order valence-corrected chi connectivity index (χ1v) is 7.09. The highest BCUT2D eigenvalue weighted by atomic mass is 19.1. The van der Waals surface area contributed by atoms with Crippen LogP contribution in [0.4, 0.5) is 10.1 Å². The maximum atomic E-state index is 13.5. The summed E-state index contributed by atoms with van der Waals surface area (Å²) >= 11 is 0. The van der Waals surface area contributed by atoms with Crippen molar-refractivity contribution >= 4 is 17.6 Å². The Morgan fingerprint density at radius 3 is 3.04 bits per heavy atom. The Kier molecular flexibility index (Phi) is 5.31. The molecule has 1 aliphatic heterocycles. The van der Waals surface area contributed by atoms with Gasteiger partial charge in [-0.05, 0) is 36.5 Å². The average molecular weight is 318 g/mol. The van der Waals surface area contributed by atoms with Crippen molar-refractivity contribution in [1.82, 2.24) is 4.90 Å². The lowest BCUT2D eigenvalue weighted by atomic mass is 10.1. The number of ether oxygens (including phenoxy) is 1. The molecule has 6 nitrogen and oxygen atoms in total. The number of rotatable bonds is 3. The molecule has 0 aliphatic carbocycles. The van der Waals surface area contributed by atoms with Crippen LogP contribution >= 0.6 is 0 Å². The van der Waals surface area contributed by atoms with Crippen LogP contribution < -0.4 is 5.43 Å². The fourth-order valence-electron chi connectivity index (χ4n) is 2.41. The van der Waals surface area contributed by atoms with Crippen LogP contribution in [0.2, 0.25) is 0 Å². The minimum absolute atomic E-state index is 0.0660. The number of nitrogens with one attached hydrogen (secondary N) is 1. The molecule has 1 aromatic rings. The first kappa shape index (κ1) is 16.5. The lowest BCUT2D eigenvalue weighted by Gasteiger charge is -2.22. The van der Waals surface area contributed by atoms with Gasteiger partial charge < -0.3 is 9.64 Å². The van der Waals surface area contributed by atoms with E-state index in [1.807, 2.05) is 0 Å². The van der Waals surface area contributed by atoms with Gasteiger partial charge in [-0.2, -0.15) is 0 Å². The SMILES string of the molecule is C=C[C@@H]1CCCN1C(=O)c1cc(F)ccc1N[N+]#CC(=O)OC. The molecule has 0 saturated carbocycles. The number of anilines is 1. The first-order valence-electron chi connectivity index (χ1n) is 7.09. The zero-order chi connectivity index (χ0) is 16.8. The molecule has 1 fully saturated rings. The summed E-state index contributed by atoms with van der Waals surface area (Å²) in [7, 11) is 1.19. The molecule has 1 saturated heterocycles. The molecule has 1 aromatic carbocycles. The molecule has 1 atom stereocenters. The fraction of sp³-hybridized carbons (Fsp3) is 0.312. The van der Waals surface area contributed by atoms with Crippen molar-refractivity contribution in [3.63, 3.8) is 0 Å². The zero-order valence-corrected chi connectivity index (χ0v) is 12.7. The highest BCUT2D eigenvalue weighted by Crippen LogP contribution is 2.25. The third-order valence-corrected chi connectivity index (χ3v) is 3.55. The predicted molar refractivity (Wildman–Crippen MR) is 83.5 cm³/mol. The van der Waals surface area contributed by atoms with Gasteiger partial charge >= 0.3 is 12.0 Å². The topological polar surface area (TPSA) is 63.0 Å². The van der Waals surface area contributed by atoms with Crippen molar-refractivity contribution in [1.29, 1.82) is 0 Å². The lowest BCUT2D eigenvalue weighted by molar-refractivity contribution is -0.133. The van der Waals surface area contributed by atoms with Crippen molar-refractivity contribution in [3.05, 3.63) is 47.2 Å². The Morgan fingerprint density at radius 1 is 1.57 bits per heavy atom. The van der Waals surface area contributed by atoms with Gasteiger partial charge in [-0.15, -0.1) is 6.58 Å². The number of amides is 1. The number of benzene rings is 1. The van der Waals surface area contributed by atoms with Crippen molar-refractivity contribution in [2.45, 2.75) is 18.9 Å². The Labute approximate surface area is 133 Å². The number of nitrogens with zero attached hydrogens (tertiary/aromatic N) is 2. The van der Waals surface area contributed by atoms with E-state index in [2.05, 4.69) is 27.8 Å². The van der Waals surface area contributed by atoms with E-state index < -0.39 is 11.8 Å². The molecule has 7 heteroatoms. The second kappa shape index (κ2) is 7.40. The quantitative estimate of drug-likeness (QED) is 0.402. The van der Waals surface area contributed by atoms with E-state index in [-0.39, 0.29) is 23.2 Å². The summed E-state index contributed by atoms with van der Waals surface area (Å²) in [5.41, 5.74) is 2.93. The van der Waals surface area contributed by atoms with Crippen molar-refractivity contribution in [2.75, 3.05) is 19.1 Å². The van der Waals surface area contributed by atoms with E-state index in [0.717, 1.165) is 18.9 Å². The highest BCUT2D eigenvalue weighted by molar-refractivity contribution is 6.00. The van der Waals surface area contributed by atoms with Crippen molar-refractivity contribution < 1.29 is 18.7 Å². The zero-order valence-electron chi connectivity index (χ0n) is 12.7. The second-order valence-electron chi connectivity index (χ2n) is 4.96. The van der Waals surface area contributed by atoms with Gasteiger partial charge in [0.15, 0.2) is 0 Å². The third-order valence-electron chi connectivity index (χ3n) is 3.55. The number of esters is 1. The minimum Gasteiger partial charge on any atom is -0.455 e. The first-order chi connectivity index (χ1) is 11.1. The summed E-state index contributed by atoms with van der Waals surface area (Å²) in [6.07, 6.45) is 3.41. The fourth-order valence-corrected chi connectivity index (χ4v) is 2.41. The molecule has 1 aliphatic rings. The maximum absolute atomic E-state index is 13.5. The minimum atomic E-state index is -0.765. The van der Waals surface area contributed by atoms with E-state index in [4.69, 9.17) is 0 Å². The van der Waals surface area contributed by atoms with E-state index in [1.165, 1.54) is 19.2 Å².